The zero-order valence-electron chi connectivity index (χ0n) is 9.04. The third-order valence-electron chi connectivity index (χ3n) is 1.78. The first-order valence-electron chi connectivity index (χ1n) is 4.97. The molecule has 2 N–H and O–H groups in total. The molecule has 0 atom stereocenters. The first kappa shape index (κ1) is 12.1. The van der Waals surface area contributed by atoms with Crippen molar-refractivity contribution in [2.75, 3.05) is 13.2 Å². The van der Waals surface area contributed by atoms with E-state index in [-0.39, 0.29) is 9.68 Å². The largest absolute Gasteiger partial charge is 0.331 e. The Morgan fingerprint density at radius 3 is 2.42 bits per heavy atom. The van der Waals surface area contributed by atoms with Crippen LogP contribution in [0.25, 0.3) is 0 Å². The van der Waals surface area contributed by atoms with E-state index >= 15 is 0 Å². The number of nitrogens with one attached hydrogen (secondary N) is 2. The van der Waals surface area contributed by atoms with E-state index < -0.39 is 0 Å². The van der Waals surface area contributed by atoms with Gasteiger partial charge in [0.05, 0.1) is 9.68 Å². The molecule has 0 aliphatic heterocycles. The van der Waals surface area contributed by atoms with Crippen molar-refractivity contribution in [2.24, 2.45) is 5.41 Å². The van der Waals surface area contributed by atoms with Crippen LogP contribution in [0, 0.1) is 5.41 Å². The lowest BCUT2D eigenvalue weighted by Crippen LogP contribution is -2.31. The molecule has 0 aliphatic carbocycles. The van der Waals surface area contributed by atoms with E-state index in [0.29, 0.717) is 5.41 Å². The summed E-state index contributed by atoms with van der Waals surface area (Å²) >= 11 is 0. The second-order valence-corrected chi connectivity index (χ2v) is 6.15. The van der Waals surface area contributed by atoms with Crippen molar-refractivity contribution >= 4 is 9.68 Å². The molecule has 3 heteroatoms. The fourth-order valence-electron chi connectivity index (χ4n) is 1.05. The molecule has 0 rings (SSSR count). The van der Waals surface area contributed by atoms with E-state index in [0.717, 1.165) is 13.2 Å². The molecule has 0 aliphatic rings. The Hall–Kier alpha value is 0.137. The number of hydrogen-bond acceptors (Lipinski definition) is 2. The van der Waals surface area contributed by atoms with Gasteiger partial charge in [-0.05, 0) is 18.0 Å². The summed E-state index contributed by atoms with van der Waals surface area (Å²) in [6.45, 7) is 11.1. The Bertz CT molecular complexity index is 99.2. The van der Waals surface area contributed by atoms with E-state index in [4.69, 9.17) is 0 Å². The average molecular weight is 188 g/mol. The lowest BCUT2D eigenvalue weighted by Gasteiger charge is -2.17. The van der Waals surface area contributed by atoms with Crippen molar-refractivity contribution in [2.45, 2.75) is 40.2 Å². The highest BCUT2D eigenvalue weighted by Crippen LogP contribution is 2.19. The quantitative estimate of drug-likeness (QED) is 0.370. The zero-order valence-corrected chi connectivity index (χ0v) is 10.4. The topological polar surface area (TPSA) is 24.1 Å². The van der Waals surface area contributed by atoms with Gasteiger partial charge in [-0.2, -0.15) is 0 Å². The Kier molecular flexibility index (Phi) is 6.71. The SMILES string of the molecule is CCNCN[SiH2]CCC(C)(C)C. The van der Waals surface area contributed by atoms with E-state index in [1.807, 2.05) is 0 Å². The fourth-order valence-corrected chi connectivity index (χ4v) is 2.89. The van der Waals surface area contributed by atoms with Crippen molar-refractivity contribution in [3.05, 3.63) is 0 Å². The van der Waals surface area contributed by atoms with Crippen LogP contribution in [-0.2, 0) is 0 Å². The molecule has 0 fully saturated rings. The highest BCUT2D eigenvalue weighted by molar-refractivity contribution is 6.32. The summed E-state index contributed by atoms with van der Waals surface area (Å²) in [4.78, 5) is 3.49. The smallest absolute Gasteiger partial charge is 0.0930 e. The molecule has 12 heavy (non-hydrogen) atoms. The third kappa shape index (κ3) is 10.1. The first-order chi connectivity index (χ1) is 5.56. The summed E-state index contributed by atoms with van der Waals surface area (Å²) in [6.07, 6.45) is 1.36. The lowest BCUT2D eigenvalue weighted by molar-refractivity contribution is 0.396. The molecule has 0 spiro atoms. The Morgan fingerprint density at radius 2 is 1.92 bits per heavy atom. The van der Waals surface area contributed by atoms with E-state index in [9.17, 15) is 0 Å². The predicted octanol–water partition coefficient (Wildman–Crippen LogP) is 1.08. The minimum atomic E-state index is -0.00132. The summed E-state index contributed by atoms with van der Waals surface area (Å²) in [5, 5.41) is 3.27. The van der Waals surface area contributed by atoms with Crippen LogP contribution in [0.4, 0.5) is 0 Å². The molecule has 0 saturated heterocycles. The van der Waals surface area contributed by atoms with Gasteiger partial charge in [0.1, 0.15) is 0 Å². The molecular weight excluding hydrogens is 164 g/mol. The van der Waals surface area contributed by atoms with E-state index in [2.05, 4.69) is 38.0 Å². The van der Waals surface area contributed by atoms with Gasteiger partial charge in [-0.25, -0.2) is 0 Å². The second-order valence-electron chi connectivity index (χ2n) is 4.44. The molecule has 0 bridgehead atoms. The van der Waals surface area contributed by atoms with Crippen LogP contribution in [0.1, 0.15) is 34.1 Å². The maximum absolute atomic E-state index is 3.49. The molecule has 0 amide bonds. The van der Waals surface area contributed by atoms with Crippen LogP contribution in [0.3, 0.4) is 0 Å². The Labute approximate surface area is 79.4 Å². The van der Waals surface area contributed by atoms with Crippen LogP contribution in [0.5, 0.6) is 0 Å². The van der Waals surface area contributed by atoms with Gasteiger partial charge in [0.2, 0.25) is 0 Å². The Morgan fingerprint density at radius 1 is 1.25 bits per heavy atom. The number of hydrogen-bond donors (Lipinski definition) is 2. The standard InChI is InChI=1S/C9H24N2Si/c1-5-10-8-11-12-7-6-9(2,3)4/h10-11H,5-8,12H2,1-4H3. The van der Waals surface area contributed by atoms with Crippen LogP contribution in [0.15, 0.2) is 0 Å². The van der Waals surface area contributed by atoms with Gasteiger partial charge < -0.3 is 10.3 Å². The molecule has 0 aromatic carbocycles. The van der Waals surface area contributed by atoms with Crippen LogP contribution >= 0.6 is 0 Å². The predicted molar refractivity (Wildman–Crippen MR) is 59.1 cm³/mol. The van der Waals surface area contributed by atoms with Crippen molar-refractivity contribution in [1.82, 2.24) is 10.3 Å². The van der Waals surface area contributed by atoms with Crippen LogP contribution < -0.4 is 10.3 Å². The molecule has 0 aromatic heterocycles. The normalized spacial score (nSPS) is 13.0. The molecule has 0 radical (unpaired) electrons. The van der Waals surface area contributed by atoms with Gasteiger partial charge >= 0.3 is 0 Å². The average Bonchev–Trinajstić information content (AvgIpc) is 1.94. The van der Waals surface area contributed by atoms with Gasteiger partial charge in [0.15, 0.2) is 0 Å². The van der Waals surface area contributed by atoms with Gasteiger partial charge in [-0.3, -0.25) is 0 Å². The van der Waals surface area contributed by atoms with Gasteiger partial charge in [-0.15, -0.1) is 0 Å². The maximum Gasteiger partial charge on any atom is 0.0930 e. The number of rotatable bonds is 6. The molecule has 2 nitrogen and oxygen atoms in total. The third-order valence-corrected chi connectivity index (χ3v) is 3.09. The molecule has 74 valence electrons. The van der Waals surface area contributed by atoms with Crippen molar-refractivity contribution in [1.29, 1.82) is 0 Å². The summed E-state index contributed by atoms with van der Waals surface area (Å²) in [5.41, 5.74) is 0.521. The first-order valence-corrected chi connectivity index (χ1v) is 6.68. The summed E-state index contributed by atoms with van der Waals surface area (Å²) in [5.74, 6) is 0. The van der Waals surface area contributed by atoms with Gasteiger partial charge in [0.25, 0.3) is 0 Å². The zero-order chi connectivity index (χ0) is 9.45. The van der Waals surface area contributed by atoms with Gasteiger partial charge in [0, 0.05) is 6.67 Å². The van der Waals surface area contributed by atoms with E-state index in [1.54, 1.807) is 0 Å². The second kappa shape index (κ2) is 6.63. The summed E-state index contributed by atoms with van der Waals surface area (Å²) in [7, 11) is -0.00132. The van der Waals surface area contributed by atoms with E-state index in [1.165, 1.54) is 12.5 Å². The Balaban J connectivity index is 3.01. The lowest BCUT2D eigenvalue weighted by atomic mass is 9.94. The van der Waals surface area contributed by atoms with Crippen LogP contribution in [-0.4, -0.2) is 22.9 Å². The minimum absolute atomic E-state index is 0.00132. The van der Waals surface area contributed by atoms with Crippen LogP contribution in [0.2, 0.25) is 6.04 Å². The molecule has 0 heterocycles. The van der Waals surface area contributed by atoms with Crippen molar-refractivity contribution in [3.8, 4) is 0 Å². The highest BCUT2D eigenvalue weighted by Gasteiger charge is 2.08. The molecular formula is C9H24N2Si. The fraction of sp³-hybridized carbons (Fsp3) is 1.00. The summed E-state index contributed by atoms with van der Waals surface area (Å²) < 4.78 is 0. The maximum atomic E-state index is 3.49. The monoisotopic (exact) mass is 188 g/mol. The molecule has 0 unspecified atom stereocenters. The molecule has 0 saturated carbocycles. The van der Waals surface area contributed by atoms with Crippen molar-refractivity contribution in [3.63, 3.8) is 0 Å². The summed E-state index contributed by atoms with van der Waals surface area (Å²) in [6, 6.07) is 1.41. The van der Waals surface area contributed by atoms with Crippen molar-refractivity contribution < 1.29 is 0 Å². The van der Waals surface area contributed by atoms with Gasteiger partial charge in [-0.1, -0.05) is 34.1 Å². The molecule has 0 aromatic rings. The highest BCUT2D eigenvalue weighted by atomic mass is 28.2. The minimum Gasteiger partial charge on any atom is -0.331 e.